The van der Waals surface area contributed by atoms with Crippen LogP contribution in [0.1, 0.15) is 19.2 Å². The summed E-state index contributed by atoms with van der Waals surface area (Å²) in [4.78, 5) is 0. The molecule has 2 heterocycles. The maximum absolute atomic E-state index is 5.75. The Morgan fingerprint density at radius 2 is 1.59 bits per heavy atom. The van der Waals surface area contributed by atoms with Gasteiger partial charge < -0.3 is 4.42 Å². The lowest BCUT2D eigenvalue weighted by molar-refractivity contribution is 0.502. The molecule has 0 saturated carbocycles. The van der Waals surface area contributed by atoms with E-state index in [1.807, 2.05) is 11.3 Å². The smallest absolute Gasteiger partial charge is 0.247 e. The average molecular weight is 370 g/mol. The van der Waals surface area contributed by atoms with Crippen LogP contribution in [0, 0.1) is 0 Å². The van der Waals surface area contributed by atoms with Gasteiger partial charge in [0.2, 0.25) is 11.8 Å². The largest absolute Gasteiger partial charge is 0.421 e. The first-order valence-corrected chi connectivity index (χ1v) is 9.98. The molecule has 27 heavy (non-hydrogen) atoms. The number of nitrogens with zero attached hydrogens (tertiary/aromatic N) is 2. The van der Waals surface area contributed by atoms with Gasteiger partial charge in [-0.1, -0.05) is 55.5 Å². The van der Waals surface area contributed by atoms with E-state index in [4.69, 9.17) is 4.42 Å². The third-order valence-electron chi connectivity index (χ3n) is 4.78. The molecule has 0 aliphatic carbocycles. The second-order valence-corrected chi connectivity index (χ2v) is 7.66. The normalized spacial score (nSPS) is 11.4. The fraction of sp³-hybridized carbons (Fsp3) is 0.130. The monoisotopic (exact) mass is 370 g/mol. The quantitative estimate of drug-likeness (QED) is 0.352. The molecule has 0 aliphatic rings. The van der Waals surface area contributed by atoms with E-state index in [0.29, 0.717) is 11.8 Å². The summed E-state index contributed by atoms with van der Waals surface area (Å²) in [7, 11) is 0. The Morgan fingerprint density at radius 3 is 2.44 bits per heavy atom. The molecule has 0 unspecified atom stereocenters. The highest BCUT2D eigenvalue weighted by Crippen LogP contribution is 2.39. The fourth-order valence-electron chi connectivity index (χ4n) is 3.45. The highest BCUT2D eigenvalue weighted by molar-refractivity contribution is 7.26. The molecule has 0 saturated heterocycles. The molecule has 132 valence electrons. The van der Waals surface area contributed by atoms with Gasteiger partial charge in [0.05, 0.1) is 0 Å². The van der Waals surface area contributed by atoms with Gasteiger partial charge in [-0.3, -0.25) is 0 Å². The van der Waals surface area contributed by atoms with Crippen LogP contribution >= 0.6 is 11.3 Å². The predicted octanol–water partition coefficient (Wildman–Crippen LogP) is 6.72. The standard InChI is InChI=1S/C23H18N2OS/c1-2-6-21-24-25-23(26-21)16-13-11-15(12-14-16)17-8-5-9-19-18-7-3-4-10-20(18)27-22(17)19/h3-5,7-14H,2,6H2,1H3. The number of benzene rings is 3. The summed E-state index contributed by atoms with van der Waals surface area (Å²) in [6, 6.07) is 23.5. The summed E-state index contributed by atoms with van der Waals surface area (Å²) in [6.07, 6.45) is 1.82. The van der Waals surface area contributed by atoms with Crippen LogP contribution in [0.4, 0.5) is 0 Å². The molecule has 0 N–H and O–H groups in total. The van der Waals surface area contributed by atoms with E-state index < -0.39 is 0 Å². The third kappa shape index (κ3) is 2.82. The summed E-state index contributed by atoms with van der Waals surface area (Å²) in [6.45, 7) is 2.10. The number of fused-ring (bicyclic) bond motifs is 3. The van der Waals surface area contributed by atoms with Crippen molar-refractivity contribution in [3.05, 3.63) is 72.6 Å². The Bertz CT molecular complexity index is 1230. The van der Waals surface area contributed by atoms with E-state index in [9.17, 15) is 0 Å². The predicted molar refractivity (Wildman–Crippen MR) is 112 cm³/mol. The minimum absolute atomic E-state index is 0.588. The van der Waals surface area contributed by atoms with Gasteiger partial charge in [-0.05, 0) is 35.7 Å². The molecule has 0 amide bonds. The van der Waals surface area contributed by atoms with Crippen molar-refractivity contribution in [2.24, 2.45) is 0 Å². The topological polar surface area (TPSA) is 38.9 Å². The van der Waals surface area contributed by atoms with Crippen LogP contribution in [-0.4, -0.2) is 10.2 Å². The summed E-state index contributed by atoms with van der Waals surface area (Å²) >= 11 is 1.85. The second-order valence-electron chi connectivity index (χ2n) is 6.61. The van der Waals surface area contributed by atoms with Crippen LogP contribution in [0.25, 0.3) is 42.8 Å². The van der Waals surface area contributed by atoms with Crippen LogP contribution in [0.15, 0.2) is 71.1 Å². The van der Waals surface area contributed by atoms with Crippen LogP contribution in [0.2, 0.25) is 0 Å². The van der Waals surface area contributed by atoms with Crippen LogP contribution in [0.5, 0.6) is 0 Å². The SMILES string of the molecule is CCCc1nnc(-c2ccc(-c3cccc4c3sc3ccccc34)cc2)o1. The Labute approximate surface area is 161 Å². The molecule has 5 rings (SSSR count). The van der Waals surface area contributed by atoms with Crippen molar-refractivity contribution in [2.75, 3.05) is 0 Å². The molecule has 0 atom stereocenters. The maximum atomic E-state index is 5.75. The molecule has 4 heteroatoms. The summed E-state index contributed by atoms with van der Waals surface area (Å²) < 4.78 is 8.40. The number of hydrogen-bond donors (Lipinski definition) is 0. The number of rotatable bonds is 4. The first kappa shape index (κ1) is 16.2. The van der Waals surface area contributed by atoms with Gasteiger partial charge in [0.25, 0.3) is 0 Å². The zero-order valence-electron chi connectivity index (χ0n) is 15.0. The van der Waals surface area contributed by atoms with Crippen molar-refractivity contribution >= 4 is 31.5 Å². The van der Waals surface area contributed by atoms with Crippen molar-refractivity contribution in [2.45, 2.75) is 19.8 Å². The van der Waals surface area contributed by atoms with E-state index in [0.717, 1.165) is 18.4 Å². The first-order chi connectivity index (χ1) is 13.3. The Kier molecular flexibility index (Phi) is 3.98. The molecule has 2 aromatic heterocycles. The van der Waals surface area contributed by atoms with Gasteiger partial charge in [-0.15, -0.1) is 21.5 Å². The van der Waals surface area contributed by atoms with Gasteiger partial charge in [0.1, 0.15) is 0 Å². The van der Waals surface area contributed by atoms with Crippen molar-refractivity contribution in [1.29, 1.82) is 0 Å². The zero-order chi connectivity index (χ0) is 18.2. The van der Waals surface area contributed by atoms with Gasteiger partial charge in [-0.25, -0.2) is 0 Å². The molecule has 0 bridgehead atoms. The lowest BCUT2D eigenvalue weighted by Gasteiger charge is -2.04. The number of thiophene rings is 1. The average Bonchev–Trinajstić information content (AvgIpc) is 3.33. The summed E-state index contributed by atoms with van der Waals surface area (Å²) in [5.41, 5.74) is 3.42. The molecule has 0 aliphatic heterocycles. The van der Waals surface area contributed by atoms with E-state index in [1.165, 1.54) is 31.3 Å². The molecular formula is C23H18N2OS. The number of aromatic nitrogens is 2. The van der Waals surface area contributed by atoms with Crippen molar-refractivity contribution in [3.8, 4) is 22.6 Å². The Morgan fingerprint density at radius 1 is 0.815 bits per heavy atom. The summed E-state index contributed by atoms with van der Waals surface area (Å²) in [5, 5.41) is 10.9. The highest BCUT2D eigenvalue weighted by atomic mass is 32.1. The first-order valence-electron chi connectivity index (χ1n) is 9.17. The molecular weight excluding hydrogens is 352 g/mol. The second kappa shape index (κ2) is 6.63. The highest BCUT2D eigenvalue weighted by Gasteiger charge is 2.11. The molecule has 0 radical (unpaired) electrons. The van der Waals surface area contributed by atoms with E-state index >= 15 is 0 Å². The Balaban J connectivity index is 1.56. The lowest BCUT2D eigenvalue weighted by atomic mass is 10.0. The van der Waals surface area contributed by atoms with Gasteiger partial charge >= 0.3 is 0 Å². The third-order valence-corrected chi connectivity index (χ3v) is 6.00. The van der Waals surface area contributed by atoms with Crippen LogP contribution in [-0.2, 0) is 6.42 Å². The van der Waals surface area contributed by atoms with Crippen molar-refractivity contribution < 1.29 is 4.42 Å². The zero-order valence-corrected chi connectivity index (χ0v) is 15.8. The van der Waals surface area contributed by atoms with Crippen molar-refractivity contribution in [3.63, 3.8) is 0 Å². The molecule has 0 fully saturated rings. The molecule has 3 aromatic carbocycles. The van der Waals surface area contributed by atoms with Crippen LogP contribution < -0.4 is 0 Å². The van der Waals surface area contributed by atoms with Crippen molar-refractivity contribution in [1.82, 2.24) is 10.2 Å². The number of aryl methyl sites for hydroxylation is 1. The van der Waals surface area contributed by atoms with E-state index in [-0.39, 0.29) is 0 Å². The fourth-order valence-corrected chi connectivity index (χ4v) is 4.69. The molecule has 3 nitrogen and oxygen atoms in total. The lowest BCUT2D eigenvalue weighted by Crippen LogP contribution is -1.81. The summed E-state index contributed by atoms with van der Waals surface area (Å²) in [5.74, 6) is 1.29. The molecule has 5 aromatic rings. The minimum atomic E-state index is 0.588. The molecule has 0 spiro atoms. The Hall–Kier alpha value is -2.98. The van der Waals surface area contributed by atoms with Gasteiger partial charge in [0, 0.05) is 32.2 Å². The van der Waals surface area contributed by atoms with Gasteiger partial charge in [0.15, 0.2) is 0 Å². The van der Waals surface area contributed by atoms with Crippen LogP contribution in [0.3, 0.4) is 0 Å². The number of hydrogen-bond acceptors (Lipinski definition) is 4. The van der Waals surface area contributed by atoms with E-state index in [2.05, 4.69) is 83.9 Å². The van der Waals surface area contributed by atoms with E-state index in [1.54, 1.807) is 0 Å². The maximum Gasteiger partial charge on any atom is 0.247 e. The van der Waals surface area contributed by atoms with Gasteiger partial charge in [-0.2, -0.15) is 0 Å². The minimum Gasteiger partial charge on any atom is -0.421 e.